The normalized spacial score (nSPS) is 13.0. The lowest BCUT2D eigenvalue weighted by atomic mass is 10.0. The smallest absolute Gasteiger partial charge is 0.206 e. The molecule has 0 aliphatic heterocycles. The van der Waals surface area contributed by atoms with Crippen LogP contribution in [-0.2, 0) is 12.4 Å². The molecule has 0 N–H and O–H groups in total. The van der Waals surface area contributed by atoms with Crippen molar-refractivity contribution in [2.75, 3.05) is 0 Å². The average Bonchev–Trinajstić information content (AvgIpc) is 1.97. The van der Waals surface area contributed by atoms with E-state index >= 15 is 0 Å². The van der Waals surface area contributed by atoms with Gasteiger partial charge in [0, 0.05) is 0 Å². The van der Waals surface area contributed by atoms with Crippen molar-refractivity contribution >= 4 is 0 Å². The monoisotopic (exact) mass is 246 g/mol. The largest absolute Gasteiger partial charge is 0.419 e. The standard InChI is InChI=1S/C9H5F7/c1-4-2-5(8(11,12)13)3-6(10)7(4)9(14,15)16/h2-3H,1H3. The van der Waals surface area contributed by atoms with E-state index < -0.39 is 34.9 Å². The van der Waals surface area contributed by atoms with Crippen LogP contribution in [0, 0.1) is 12.7 Å². The molecule has 0 aliphatic rings. The molecule has 0 atom stereocenters. The minimum atomic E-state index is -5.00. The van der Waals surface area contributed by atoms with Gasteiger partial charge in [-0.1, -0.05) is 0 Å². The van der Waals surface area contributed by atoms with Crippen LogP contribution in [0.25, 0.3) is 0 Å². The summed E-state index contributed by atoms with van der Waals surface area (Å²) in [6.45, 7) is 0.779. The highest BCUT2D eigenvalue weighted by atomic mass is 19.4. The number of hydrogen-bond donors (Lipinski definition) is 0. The molecular formula is C9H5F7. The highest BCUT2D eigenvalue weighted by Gasteiger charge is 2.39. The third kappa shape index (κ3) is 2.45. The molecule has 0 amide bonds. The first-order valence-corrected chi connectivity index (χ1v) is 3.98. The first kappa shape index (κ1) is 12.8. The molecule has 7 heteroatoms. The fourth-order valence-corrected chi connectivity index (χ4v) is 1.27. The van der Waals surface area contributed by atoms with E-state index in [9.17, 15) is 30.7 Å². The summed E-state index contributed by atoms with van der Waals surface area (Å²) in [5.74, 6) is -1.92. The molecular weight excluding hydrogens is 241 g/mol. The lowest BCUT2D eigenvalue weighted by Crippen LogP contribution is -2.14. The fraction of sp³-hybridized carbons (Fsp3) is 0.333. The summed E-state index contributed by atoms with van der Waals surface area (Å²) in [7, 11) is 0. The van der Waals surface area contributed by atoms with Crippen LogP contribution in [0.3, 0.4) is 0 Å². The van der Waals surface area contributed by atoms with Crippen molar-refractivity contribution in [3.8, 4) is 0 Å². The molecule has 0 radical (unpaired) electrons. The number of aryl methyl sites for hydroxylation is 1. The molecule has 90 valence electrons. The van der Waals surface area contributed by atoms with Crippen LogP contribution in [-0.4, -0.2) is 0 Å². The molecule has 0 unspecified atom stereocenters. The van der Waals surface area contributed by atoms with E-state index in [1.54, 1.807) is 0 Å². The first-order chi connectivity index (χ1) is 7.03. The van der Waals surface area contributed by atoms with Gasteiger partial charge >= 0.3 is 12.4 Å². The van der Waals surface area contributed by atoms with Crippen LogP contribution < -0.4 is 0 Å². The zero-order valence-corrected chi connectivity index (χ0v) is 7.80. The zero-order valence-electron chi connectivity index (χ0n) is 7.80. The van der Waals surface area contributed by atoms with Crippen molar-refractivity contribution in [1.29, 1.82) is 0 Å². The maximum absolute atomic E-state index is 12.9. The Bertz CT molecular complexity index is 376. The second-order valence-corrected chi connectivity index (χ2v) is 3.15. The summed E-state index contributed by atoms with van der Waals surface area (Å²) in [6, 6.07) is 0.113. The molecule has 0 nitrogen and oxygen atoms in total. The zero-order chi connectivity index (χ0) is 12.7. The topological polar surface area (TPSA) is 0 Å². The third-order valence-electron chi connectivity index (χ3n) is 1.90. The summed E-state index contributed by atoms with van der Waals surface area (Å²) in [4.78, 5) is 0. The van der Waals surface area contributed by atoms with Crippen LogP contribution in [0.5, 0.6) is 0 Å². The SMILES string of the molecule is Cc1cc(C(F)(F)F)cc(F)c1C(F)(F)F. The summed E-state index contributed by atoms with van der Waals surface area (Å²) in [5, 5.41) is 0. The van der Waals surface area contributed by atoms with E-state index in [-0.39, 0.29) is 12.1 Å². The number of alkyl halides is 6. The Labute approximate surface area is 85.7 Å². The summed E-state index contributed by atoms with van der Waals surface area (Å²) < 4.78 is 86.0. The Morgan fingerprint density at radius 3 is 1.69 bits per heavy atom. The highest BCUT2D eigenvalue weighted by molar-refractivity contribution is 5.35. The van der Waals surface area contributed by atoms with E-state index in [0.29, 0.717) is 0 Å². The molecule has 16 heavy (non-hydrogen) atoms. The highest BCUT2D eigenvalue weighted by Crippen LogP contribution is 2.37. The van der Waals surface area contributed by atoms with Crippen molar-refractivity contribution < 1.29 is 30.7 Å². The summed E-state index contributed by atoms with van der Waals surface area (Å²) in [5.41, 5.74) is -3.89. The molecule has 0 spiro atoms. The summed E-state index contributed by atoms with van der Waals surface area (Å²) >= 11 is 0. The van der Waals surface area contributed by atoms with Gasteiger partial charge in [-0.15, -0.1) is 0 Å². The molecule has 0 saturated carbocycles. The van der Waals surface area contributed by atoms with Gasteiger partial charge in [0.2, 0.25) is 0 Å². The van der Waals surface area contributed by atoms with Gasteiger partial charge in [0.05, 0.1) is 11.1 Å². The van der Waals surface area contributed by atoms with Crippen LogP contribution in [0.4, 0.5) is 30.7 Å². The van der Waals surface area contributed by atoms with Crippen molar-refractivity contribution in [2.24, 2.45) is 0 Å². The fourth-order valence-electron chi connectivity index (χ4n) is 1.27. The van der Waals surface area contributed by atoms with Gasteiger partial charge in [0.1, 0.15) is 5.82 Å². The van der Waals surface area contributed by atoms with Crippen LogP contribution in [0.2, 0.25) is 0 Å². The van der Waals surface area contributed by atoms with Crippen LogP contribution in [0.15, 0.2) is 12.1 Å². The van der Waals surface area contributed by atoms with Gasteiger partial charge in [-0.25, -0.2) is 4.39 Å². The number of hydrogen-bond acceptors (Lipinski definition) is 0. The molecule has 1 aromatic carbocycles. The van der Waals surface area contributed by atoms with Crippen LogP contribution in [0.1, 0.15) is 16.7 Å². The second-order valence-electron chi connectivity index (χ2n) is 3.15. The Hall–Kier alpha value is -1.27. The predicted octanol–water partition coefficient (Wildman–Crippen LogP) is 4.17. The van der Waals surface area contributed by atoms with E-state index in [1.165, 1.54) is 0 Å². The number of rotatable bonds is 0. The van der Waals surface area contributed by atoms with Crippen molar-refractivity contribution in [3.63, 3.8) is 0 Å². The Morgan fingerprint density at radius 1 is 0.875 bits per heavy atom. The van der Waals surface area contributed by atoms with E-state index in [0.717, 1.165) is 6.92 Å². The van der Waals surface area contributed by atoms with Gasteiger partial charge in [0.15, 0.2) is 0 Å². The molecule has 1 rings (SSSR count). The molecule has 1 aromatic rings. The molecule has 0 aliphatic carbocycles. The molecule has 0 bridgehead atoms. The van der Waals surface area contributed by atoms with Crippen molar-refractivity contribution in [3.05, 3.63) is 34.6 Å². The number of benzene rings is 1. The maximum Gasteiger partial charge on any atom is 0.419 e. The predicted molar refractivity (Wildman–Crippen MR) is 41.1 cm³/mol. The first-order valence-electron chi connectivity index (χ1n) is 3.98. The molecule has 0 heterocycles. The van der Waals surface area contributed by atoms with E-state index in [2.05, 4.69) is 0 Å². The number of halogens is 7. The van der Waals surface area contributed by atoms with Crippen molar-refractivity contribution in [1.82, 2.24) is 0 Å². The Kier molecular flexibility index (Phi) is 2.91. The van der Waals surface area contributed by atoms with Gasteiger partial charge in [0.25, 0.3) is 0 Å². The van der Waals surface area contributed by atoms with Gasteiger partial charge in [-0.2, -0.15) is 26.3 Å². The minimum absolute atomic E-state index is 0.157. The molecule has 0 saturated heterocycles. The van der Waals surface area contributed by atoms with E-state index in [4.69, 9.17) is 0 Å². The Balaban J connectivity index is 3.41. The van der Waals surface area contributed by atoms with E-state index in [1.807, 2.05) is 0 Å². The minimum Gasteiger partial charge on any atom is -0.206 e. The van der Waals surface area contributed by atoms with Gasteiger partial charge < -0.3 is 0 Å². The quantitative estimate of drug-likeness (QED) is 0.602. The van der Waals surface area contributed by atoms with Crippen molar-refractivity contribution in [2.45, 2.75) is 19.3 Å². The molecule has 0 aromatic heterocycles. The van der Waals surface area contributed by atoms with Gasteiger partial charge in [-0.05, 0) is 24.6 Å². The Morgan fingerprint density at radius 2 is 1.38 bits per heavy atom. The lowest BCUT2D eigenvalue weighted by molar-refractivity contribution is -0.143. The molecule has 0 fully saturated rings. The summed E-state index contributed by atoms with van der Waals surface area (Å²) in [6.07, 6.45) is -9.87. The average molecular weight is 246 g/mol. The second kappa shape index (κ2) is 3.64. The van der Waals surface area contributed by atoms with Crippen LogP contribution >= 0.6 is 0 Å². The third-order valence-corrected chi connectivity index (χ3v) is 1.90. The lowest BCUT2D eigenvalue weighted by Gasteiger charge is -2.14. The van der Waals surface area contributed by atoms with Gasteiger partial charge in [-0.3, -0.25) is 0 Å². The maximum atomic E-state index is 12.9.